The lowest BCUT2D eigenvalue weighted by molar-refractivity contribution is 0.398. The first-order valence-electron chi connectivity index (χ1n) is 7.23. The molecule has 2 rings (SSSR count). The van der Waals surface area contributed by atoms with E-state index in [-0.39, 0.29) is 5.56 Å². The molecule has 0 radical (unpaired) electrons. The van der Waals surface area contributed by atoms with E-state index in [1.54, 1.807) is 27.5 Å². The number of hydrogen-bond donors (Lipinski definition) is 1. The third kappa shape index (κ3) is 4.25. The largest absolute Gasteiger partial charge is 0.497 e. The molecule has 7 heteroatoms. The number of aryl methyl sites for hydroxylation is 2. The summed E-state index contributed by atoms with van der Waals surface area (Å²) in [5, 5.41) is 7.22. The normalized spacial score (nSPS) is 10.4. The van der Waals surface area contributed by atoms with Gasteiger partial charge in [0.05, 0.1) is 26.1 Å². The lowest BCUT2D eigenvalue weighted by Crippen LogP contribution is -2.21. The van der Waals surface area contributed by atoms with Crippen molar-refractivity contribution in [2.45, 2.75) is 12.8 Å². The van der Waals surface area contributed by atoms with Crippen molar-refractivity contribution < 1.29 is 9.47 Å². The fourth-order valence-electron chi connectivity index (χ4n) is 2.21. The van der Waals surface area contributed by atoms with Crippen molar-refractivity contribution in [1.29, 1.82) is 0 Å². The van der Waals surface area contributed by atoms with Crippen molar-refractivity contribution in [3.63, 3.8) is 0 Å². The first-order valence-corrected chi connectivity index (χ1v) is 8.02. The SMILES string of the molecule is COc1ccc(OC)c(CCCNc2cnn(C)c(=O)c2Br)c1. The van der Waals surface area contributed by atoms with E-state index in [2.05, 4.69) is 26.3 Å². The molecule has 0 aliphatic carbocycles. The number of halogens is 1. The summed E-state index contributed by atoms with van der Waals surface area (Å²) in [4.78, 5) is 11.8. The Balaban J connectivity index is 1.96. The van der Waals surface area contributed by atoms with Gasteiger partial charge in [-0.15, -0.1) is 0 Å². The third-order valence-electron chi connectivity index (χ3n) is 3.50. The third-order valence-corrected chi connectivity index (χ3v) is 4.27. The molecule has 0 unspecified atom stereocenters. The Morgan fingerprint density at radius 2 is 2.09 bits per heavy atom. The molecule has 0 amide bonds. The quantitative estimate of drug-likeness (QED) is 0.746. The van der Waals surface area contributed by atoms with E-state index in [1.165, 1.54) is 4.68 Å². The fraction of sp³-hybridized carbons (Fsp3) is 0.375. The van der Waals surface area contributed by atoms with Crippen molar-refractivity contribution in [3.05, 3.63) is 44.8 Å². The van der Waals surface area contributed by atoms with Crippen LogP contribution < -0.4 is 20.3 Å². The van der Waals surface area contributed by atoms with E-state index in [4.69, 9.17) is 9.47 Å². The molecule has 1 aromatic heterocycles. The molecule has 124 valence electrons. The molecule has 0 saturated carbocycles. The van der Waals surface area contributed by atoms with Crippen molar-refractivity contribution in [3.8, 4) is 11.5 Å². The monoisotopic (exact) mass is 381 g/mol. The van der Waals surface area contributed by atoms with E-state index in [9.17, 15) is 4.79 Å². The maximum atomic E-state index is 11.8. The van der Waals surface area contributed by atoms with Crippen LogP contribution in [0.25, 0.3) is 0 Å². The van der Waals surface area contributed by atoms with E-state index in [1.807, 2.05) is 18.2 Å². The molecule has 0 bridgehead atoms. The number of hydrogen-bond acceptors (Lipinski definition) is 5. The molecule has 0 atom stereocenters. The average molecular weight is 382 g/mol. The van der Waals surface area contributed by atoms with Crippen LogP contribution in [0, 0.1) is 0 Å². The summed E-state index contributed by atoms with van der Waals surface area (Å²) in [6, 6.07) is 5.76. The van der Waals surface area contributed by atoms with Gasteiger partial charge in [-0.25, -0.2) is 4.68 Å². The van der Waals surface area contributed by atoms with Gasteiger partial charge in [0.1, 0.15) is 16.0 Å². The summed E-state index contributed by atoms with van der Waals surface area (Å²) in [6.45, 7) is 0.716. The van der Waals surface area contributed by atoms with Gasteiger partial charge in [0.2, 0.25) is 0 Å². The number of benzene rings is 1. The molecular formula is C16H20BrN3O3. The fourth-order valence-corrected chi connectivity index (χ4v) is 2.71. The Morgan fingerprint density at radius 1 is 1.30 bits per heavy atom. The molecule has 23 heavy (non-hydrogen) atoms. The van der Waals surface area contributed by atoms with Gasteiger partial charge < -0.3 is 14.8 Å². The zero-order valence-electron chi connectivity index (χ0n) is 13.4. The number of rotatable bonds is 7. The summed E-state index contributed by atoms with van der Waals surface area (Å²) >= 11 is 3.30. The zero-order valence-corrected chi connectivity index (χ0v) is 15.0. The Bertz CT molecular complexity index is 731. The second-order valence-electron chi connectivity index (χ2n) is 5.01. The number of nitrogens with zero attached hydrogens (tertiary/aromatic N) is 2. The van der Waals surface area contributed by atoms with Crippen LogP contribution in [0.5, 0.6) is 11.5 Å². The smallest absolute Gasteiger partial charge is 0.282 e. The zero-order chi connectivity index (χ0) is 16.8. The number of methoxy groups -OCH3 is 2. The van der Waals surface area contributed by atoms with E-state index < -0.39 is 0 Å². The van der Waals surface area contributed by atoms with Crippen LogP contribution in [0.15, 0.2) is 33.7 Å². The summed E-state index contributed by atoms with van der Waals surface area (Å²) < 4.78 is 12.4. The molecule has 6 nitrogen and oxygen atoms in total. The first-order chi connectivity index (χ1) is 11.1. The predicted octanol–water partition coefficient (Wildman–Crippen LogP) is 2.60. The van der Waals surface area contributed by atoms with Crippen LogP contribution in [-0.4, -0.2) is 30.5 Å². The molecule has 0 spiro atoms. The minimum absolute atomic E-state index is 0.163. The van der Waals surface area contributed by atoms with Crippen LogP contribution in [-0.2, 0) is 13.5 Å². The summed E-state index contributed by atoms with van der Waals surface area (Å²) in [7, 11) is 4.92. The molecule has 1 aromatic carbocycles. The highest BCUT2D eigenvalue weighted by Crippen LogP contribution is 2.25. The van der Waals surface area contributed by atoms with Crippen LogP contribution in [0.4, 0.5) is 5.69 Å². The van der Waals surface area contributed by atoms with Crippen LogP contribution >= 0.6 is 15.9 Å². The van der Waals surface area contributed by atoms with Gasteiger partial charge in [0.25, 0.3) is 5.56 Å². The van der Waals surface area contributed by atoms with Crippen LogP contribution in [0.2, 0.25) is 0 Å². The van der Waals surface area contributed by atoms with Crippen molar-refractivity contribution >= 4 is 21.6 Å². The lowest BCUT2D eigenvalue weighted by atomic mass is 10.1. The van der Waals surface area contributed by atoms with Crippen LogP contribution in [0.3, 0.4) is 0 Å². The van der Waals surface area contributed by atoms with Crippen LogP contribution in [0.1, 0.15) is 12.0 Å². The van der Waals surface area contributed by atoms with Gasteiger partial charge in [0, 0.05) is 13.6 Å². The number of aromatic nitrogens is 2. The van der Waals surface area contributed by atoms with Crippen molar-refractivity contribution in [1.82, 2.24) is 9.78 Å². The number of anilines is 1. The maximum absolute atomic E-state index is 11.8. The summed E-state index contributed by atoms with van der Waals surface area (Å²) in [5.74, 6) is 1.66. The van der Waals surface area contributed by atoms with Crippen molar-refractivity contribution in [2.75, 3.05) is 26.1 Å². The Hall–Kier alpha value is -2.02. The summed E-state index contributed by atoms with van der Waals surface area (Å²) in [6.07, 6.45) is 3.35. The molecule has 1 N–H and O–H groups in total. The first kappa shape index (κ1) is 17.3. The number of nitrogens with one attached hydrogen (secondary N) is 1. The van der Waals surface area contributed by atoms with Gasteiger partial charge in [-0.05, 0) is 52.5 Å². The lowest BCUT2D eigenvalue weighted by Gasteiger charge is -2.11. The van der Waals surface area contributed by atoms with Gasteiger partial charge in [-0.1, -0.05) is 0 Å². The molecule has 0 aliphatic rings. The van der Waals surface area contributed by atoms with E-state index in [0.717, 1.165) is 29.9 Å². The van der Waals surface area contributed by atoms with Gasteiger partial charge in [0.15, 0.2) is 0 Å². The molecule has 0 fully saturated rings. The average Bonchev–Trinajstić information content (AvgIpc) is 2.58. The van der Waals surface area contributed by atoms with Gasteiger partial charge in [-0.2, -0.15) is 5.10 Å². The standard InChI is InChI=1S/C16H20BrN3O3/c1-20-16(21)15(17)13(10-19-20)18-8-4-5-11-9-12(22-2)6-7-14(11)23-3/h6-7,9-10,18H,4-5,8H2,1-3H3. The maximum Gasteiger partial charge on any atom is 0.282 e. The highest BCUT2D eigenvalue weighted by atomic mass is 79.9. The molecule has 2 aromatic rings. The Kier molecular flexibility index (Phi) is 6.04. The van der Waals surface area contributed by atoms with Gasteiger partial charge in [-0.3, -0.25) is 4.79 Å². The summed E-state index contributed by atoms with van der Waals surface area (Å²) in [5.41, 5.74) is 1.63. The second-order valence-corrected chi connectivity index (χ2v) is 5.80. The highest BCUT2D eigenvalue weighted by Gasteiger charge is 2.07. The van der Waals surface area contributed by atoms with E-state index in [0.29, 0.717) is 16.7 Å². The van der Waals surface area contributed by atoms with Gasteiger partial charge >= 0.3 is 0 Å². The minimum atomic E-state index is -0.163. The molecular weight excluding hydrogens is 362 g/mol. The Morgan fingerprint density at radius 3 is 2.78 bits per heavy atom. The number of ether oxygens (including phenoxy) is 2. The predicted molar refractivity (Wildman–Crippen MR) is 93.5 cm³/mol. The molecule has 1 heterocycles. The van der Waals surface area contributed by atoms with E-state index >= 15 is 0 Å². The molecule has 0 aliphatic heterocycles. The highest BCUT2D eigenvalue weighted by molar-refractivity contribution is 9.10. The molecule has 0 saturated heterocycles. The second kappa shape index (κ2) is 8.01. The topological polar surface area (TPSA) is 65.4 Å². The Labute approximate surface area is 143 Å². The minimum Gasteiger partial charge on any atom is -0.497 e. The van der Waals surface area contributed by atoms with Crippen molar-refractivity contribution in [2.24, 2.45) is 7.05 Å².